The maximum atomic E-state index is 13.1. The predicted octanol–water partition coefficient (Wildman–Crippen LogP) is 2.23. The van der Waals surface area contributed by atoms with Crippen molar-refractivity contribution in [2.45, 2.75) is 39.2 Å². The van der Waals surface area contributed by atoms with Crippen LogP contribution in [0.4, 0.5) is 5.69 Å². The van der Waals surface area contributed by atoms with E-state index < -0.39 is 24.5 Å². The van der Waals surface area contributed by atoms with Crippen LogP contribution in [0.5, 0.6) is 5.75 Å². The number of hydrogen-bond acceptors (Lipinski definition) is 6. The first-order valence-electron chi connectivity index (χ1n) is 10.8. The second kappa shape index (κ2) is 8.32. The number of amides is 3. The van der Waals surface area contributed by atoms with E-state index >= 15 is 0 Å². The lowest BCUT2D eigenvalue weighted by Gasteiger charge is -2.28. The van der Waals surface area contributed by atoms with E-state index in [2.05, 4.69) is 5.32 Å². The molecular formula is C23H28N2O6. The summed E-state index contributed by atoms with van der Waals surface area (Å²) in [4.78, 5) is 52.3. The number of benzene rings is 1. The molecule has 0 spiro atoms. The van der Waals surface area contributed by atoms with E-state index in [1.165, 1.54) is 0 Å². The molecule has 4 rings (SSSR count). The van der Waals surface area contributed by atoms with Crippen LogP contribution in [0.25, 0.3) is 0 Å². The summed E-state index contributed by atoms with van der Waals surface area (Å²) < 4.78 is 10.3. The third kappa shape index (κ3) is 3.79. The van der Waals surface area contributed by atoms with E-state index in [1.54, 1.807) is 45.2 Å². The van der Waals surface area contributed by atoms with Gasteiger partial charge in [0.15, 0.2) is 6.61 Å². The molecule has 1 aromatic carbocycles. The molecule has 1 saturated heterocycles. The number of carbonyl (C=O) groups excluding carboxylic acids is 4. The molecule has 3 fully saturated rings. The summed E-state index contributed by atoms with van der Waals surface area (Å²) >= 11 is 0. The largest absolute Gasteiger partial charge is 0.497 e. The maximum absolute atomic E-state index is 13.1. The Morgan fingerprint density at radius 2 is 1.65 bits per heavy atom. The first-order chi connectivity index (χ1) is 14.8. The van der Waals surface area contributed by atoms with Crippen LogP contribution >= 0.6 is 0 Å². The van der Waals surface area contributed by atoms with Crippen molar-refractivity contribution in [3.05, 3.63) is 24.3 Å². The highest BCUT2D eigenvalue weighted by atomic mass is 16.5. The predicted molar refractivity (Wildman–Crippen MR) is 111 cm³/mol. The Labute approximate surface area is 181 Å². The number of likely N-dealkylation sites (tertiary alicyclic amines) is 1. The minimum Gasteiger partial charge on any atom is -0.497 e. The molecule has 0 aromatic heterocycles. The Kier molecular flexibility index (Phi) is 5.73. The van der Waals surface area contributed by atoms with Crippen molar-refractivity contribution in [3.63, 3.8) is 0 Å². The molecule has 0 radical (unpaired) electrons. The quantitative estimate of drug-likeness (QED) is 0.528. The standard InChI is InChI=1S/C23H28N2O6/c1-12(2)20(25-21(27)18-13-4-5-14(10-13)19(18)22(25)28)23(29)31-11-17(26)24-15-6-8-16(30-3)9-7-15/h6-9,12-14,18-20H,4-5,10-11H2,1-3H3,(H,24,26)/t13-,14-,18-,19+,20+/m0/s1. The summed E-state index contributed by atoms with van der Waals surface area (Å²) in [5, 5.41) is 2.64. The fourth-order valence-corrected chi connectivity index (χ4v) is 5.48. The number of nitrogens with zero attached hydrogens (tertiary/aromatic N) is 1. The summed E-state index contributed by atoms with van der Waals surface area (Å²) in [7, 11) is 1.55. The van der Waals surface area contributed by atoms with Gasteiger partial charge in [0.2, 0.25) is 11.8 Å². The monoisotopic (exact) mass is 428 g/mol. The lowest BCUT2D eigenvalue weighted by Crippen LogP contribution is -2.50. The third-order valence-corrected chi connectivity index (χ3v) is 6.83. The second-order valence-corrected chi connectivity index (χ2v) is 9.00. The Morgan fingerprint density at radius 3 is 2.16 bits per heavy atom. The molecule has 166 valence electrons. The van der Waals surface area contributed by atoms with Gasteiger partial charge in [-0.05, 0) is 61.3 Å². The van der Waals surface area contributed by atoms with Crippen molar-refractivity contribution in [2.24, 2.45) is 29.6 Å². The van der Waals surface area contributed by atoms with E-state index in [4.69, 9.17) is 9.47 Å². The highest BCUT2D eigenvalue weighted by Gasteiger charge is 2.62. The van der Waals surface area contributed by atoms with E-state index in [-0.39, 0.29) is 41.4 Å². The van der Waals surface area contributed by atoms with Crippen LogP contribution in [0.1, 0.15) is 33.1 Å². The number of fused-ring (bicyclic) bond motifs is 5. The molecule has 1 heterocycles. The van der Waals surface area contributed by atoms with Gasteiger partial charge in [-0.1, -0.05) is 13.8 Å². The molecule has 0 unspecified atom stereocenters. The van der Waals surface area contributed by atoms with Gasteiger partial charge in [0.1, 0.15) is 11.8 Å². The van der Waals surface area contributed by atoms with Crippen LogP contribution in [-0.4, -0.2) is 48.3 Å². The molecule has 1 aromatic rings. The molecule has 3 amide bonds. The zero-order valence-corrected chi connectivity index (χ0v) is 18.0. The Hall–Kier alpha value is -2.90. The van der Waals surface area contributed by atoms with Crippen LogP contribution in [0, 0.1) is 29.6 Å². The van der Waals surface area contributed by atoms with E-state index in [9.17, 15) is 19.2 Å². The maximum Gasteiger partial charge on any atom is 0.330 e. The molecule has 8 nitrogen and oxygen atoms in total. The fraction of sp³-hybridized carbons (Fsp3) is 0.565. The number of nitrogens with one attached hydrogen (secondary N) is 1. The first-order valence-corrected chi connectivity index (χ1v) is 10.8. The average Bonchev–Trinajstić information content (AvgIpc) is 3.42. The lowest BCUT2D eigenvalue weighted by molar-refractivity contribution is -0.162. The van der Waals surface area contributed by atoms with Gasteiger partial charge >= 0.3 is 5.97 Å². The molecule has 3 aliphatic rings. The van der Waals surface area contributed by atoms with Gasteiger partial charge in [-0.15, -0.1) is 0 Å². The molecular weight excluding hydrogens is 400 g/mol. The Morgan fingerprint density at radius 1 is 1.06 bits per heavy atom. The number of hydrogen-bond donors (Lipinski definition) is 1. The SMILES string of the molecule is COc1ccc(NC(=O)COC(=O)[C@@H](C(C)C)N2C(=O)[C@@H]3[C@H]4CC[C@@H](C4)[C@@H]3C2=O)cc1. The normalized spacial score (nSPS) is 27.4. The van der Waals surface area contributed by atoms with Gasteiger partial charge in [0.25, 0.3) is 5.91 Å². The van der Waals surface area contributed by atoms with Gasteiger partial charge in [-0.3, -0.25) is 19.3 Å². The summed E-state index contributed by atoms with van der Waals surface area (Å²) in [6, 6.07) is 5.73. The van der Waals surface area contributed by atoms with Crippen LogP contribution in [-0.2, 0) is 23.9 Å². The van der Waals surface area contributed by atoms with Crippen LogP contribution < -0.4 is 10.1 Å². The molecule has 8 heteroatoms. The third-order valence-electron chi connectivity index (χ3n) is 6.83. The highest BCUT2D eigenvalue weighted by Crippen LogP contribution is 2.56. The topological polar surface area (TPSA) is 102 Å². The number of carbonyl (C=O) groups is 4. The molecule has 2 saturated carbocycles. The summed E-state index contributed by atoms with van der Waals surface area (Å²) in [5.74, 6) is -1.49. The molecule has 1 aliphatic heterocycles. The van der Waals surface area contributed by atoms with Crippen LogP contribution in [0.2, 0.25) is 0 Å². The van der Waals surface area contributed by atoms with Crippen molar-refractivity contribution >= 4 is 29.4 Å². The second-order valence-electron chi connectivity index (χ2n) is 9.00. The zero-order valence-electron chi connectivity index (χ0n) is 18.0. The van der Waals surface area contributed by atoms with E-state index in [0.29, 0.717) is 11.4 Å². The number of ether oxygens (including phenoxy) is 2. The number of anilines is 1. The first kappa shape index (κ1) is 21.3. The zero-order chi connectivity index (χ0) is 22.3. The smallest absolute Gasteiger partial charge is 0.330 e. The minimum absolute atomic E-state index is 0.246. The van der Waals surface area contributed by atoms with Gasteiger partial charge in [-0.2, -0.15) is 0 Å². The van der Waals surface area contributed by atoms with Crippen molar-refractivity contribution < 1.29 is 28.7 Å². The summed E-state index contributed by atoms with van der Waals surface area (Å²) in [6.07, 6.45) is 2.88. The molecule has 5 atom stereocenters. The average molecular weight is 428 g/mol. The Balaban J connectivity index is 1.39. The van der Waals surface area contributed by atoms with Gasteiger partial charge in [-0.25, -0.2) is 4.79 Å². The van der Waals surface area contributed by atoms with Gasteiger partial charge < -0.3 is 14.8 Å². The van der Waals surface area contributed by atoms with Crippen molar-refractivity contribution in [2.75, 3.05) is 19.0 Å². The van der Waals surface area contributed by atoms with E-state index in [0.717, 1.165) is 24.2 Å². The van der Waals surface area contributed by atoms with Crippen molar-refractivity contribution in [3.8, 4) is 5.75 Å². The fourth-order valence-electron chi connectivity index (χ4n) is 5.48. The molecule has 2 bridgehead atoms. The molecule has 1 N–H and O–H groups in total. The summed E-state index contributed by atoms with van der Waals surface area (Å²) in [5.41, 5.74) is 0.537. The minimum atomic E-state index is -1.02. The number of methoxy groups -OCH3 is 1. The lowest BCUT2D eigenvalue weighted by atomic mass is 9.81. The molecule has 2 aliphatic carbocycles. The van der Waals surface area contributed by atoms with E-state index in [1.807, 2.05) is 0 Å². The van der Waals surface area contributed by atoms with Crippen LogP contribution in [0.3, 0.4) is 0 Å². The number of imide groups is 1. The van der Waals surface area contributed by atoms with Crippen molar-refractivity contribution in [1.29, 1.82) is 0 Å². The Bertz CT molecular complexity index is 868. The van der Waals surface area contributed by atoms with Crippen LogP contribution in [0.15, 0.2) is 24.3 Å². The summed E-state index contributed by atoms with van der Waals surface area (Å²) in [6.45, 7) is 3.04. The van der Waals surface area contributed by atoms with Gasteiger partial charge in [0.05, 0.1) is 18.9 Å². The number of esters is 1. The highest BCUT2D eigenvalue weighted by molar-refractivity contribution is 6.08. The van der Waals surface area contributed by atoms with Gasteiger partial charge in [0, 0.05) is 5.69 Å². The molecule has 31 heavy (non-hydrogen) atoms. The van der Waals surface area contributed by atoms with Crippen molar-refractivity contribution in [1.82, 2.24) is 4.90 Å². The number of rotatable bonds is 7.